The van der Waals surface area contributed by atoms with E-state index in [1.54, 1.807) is 18.2 Å². The van der Waals surface area contributed by atoms with Crippen LogP contribution >= 0.6 is 11.6 Å². The van der Waals surface area contributed by atoms with Gasteiger partial charge in [0.25, 0.3) is 11.6 Å². The van der Waals surface area contributed by atoms with Gasteiger partial charge in [0.15, 0.2) is 0 Å². The van der Waals surface area contributed by atoms with Gasteiger partial charge in [0.1, 0.15) is 17.4 Å². The van der Waals surface area contributed by atoms with Crippen LogP contribution in [0.1, 0.15) is 12.5 Å². The maximum Gasteiger partial charge on any atom is 0.271 e. The molecule has 0 aliphatic rings. The van der Waals surface area contributed by atoms with E-state index < -0.39 is 10.8 Å². The fourth-order valence-electron chi connectivity index (χ4n) is 2.12. The Labute approximate surface area is 154 Å². The third-order valence-corrected chi connectivity index (χ3v) is 3.49. The molecule has 0 spiro atoms. The predicted molar refractivity (Wildman–Crippen MR) is 97.9 cm³/mol. The van der Waals surface area contributed by atoms with Gasteiger partial charge < -0.3 is 10.1 Å². The highest BCUT2D eigenvalue weighted by Crippen LogP contribution is 2.26. The van der Waals surface area contributed by atoms with Gasteiger partial charge in [-0.2, -0.15) is 5.26 Å². The van der Waals surface area contributed by atoms with Gasteiger partial charge in [-0.3, -0.25) is 14.9 Å². The van der Waals surface area contributed by atoms with Gasteiger partial charge in [0.2, 0.25) is 0 Å². The number of nitriles is 1. The van der Waals surface area contributed by atoms with Gasteiger partial charge in [-0.05, 0) is 37.3 Å². The van der Waals surface area contributed by atoms with E-state index in [2.05, 4.69) is 5.32 Å². The molecule has 2 aromatic carbocycles. The first kappa shape index (κ1) is 19.0. The second-order valence-corrected chi connectivity index (χ2v) is 5.48. The number of benzene rings is 2. The van der Waals surface area contributed by atoms with Crippen LogP contribution in [0.4, 0.5) is 11.4 Å². The number of non-ortho nitro benzene ring substituents is 1. The highest BCUT2D eigenvalue weighted by atomic mass is 35.5. The van der Waals surface area contributed by atoms with E-state index in [0.29, 0.717) is 22.9 Å². The molecule has 0 atom stereocenters. The number of nitro groups is 1. The molecular weight excluding hydrogens is 358 g/mol. The number of halogens is 1. The number of carbonyl (C=O) groups is 1. The van der Waals surface area contributed by atoms with E-state index in [-0.39, 0.29) is 16.9 Å². The second-order valence-electron chi connectivity index (χ2n) is 5.05. The largest absolute Gasteiger partial charge is 0.493 e. The number of nitrogens with zero attached hydrogens (tertiary/aromatic N) is 2. The Balaban J connectivity index is 2.31. The number of carbonyl (C=O) groups excluding carboxylic acids is 1. The number of amides is 1. The molecule has 26 heavy (non-hydrogen) atoms. The number of anilines is 1. The standard InChI is InChI=1S/C18H14ClN3O4/c1-2-26-17-7-6-14(19)9-12(17)8-13(11-20)18(23)21-15-4-3-5-16(10-15)22(24)25/h3-10H,2H2,1H3,(H,21,23)/b13-8+. The number of nitrogens with one attached hydrogen (secondary N) is 1. The Kier molecular flexibility index (Phi) is 6.31. The lowest BCUT2D eigenvalue weighted by Crippen LogP contribution is -2.13. The summed E-state index contributed by atoms with van der Waals surface area (Å²) in [4.78, 5) is 22.6. The number of nitro benzene ring substituents is 1. The maximum atomic E-state index is 12.3. The molecule has 0 saturated carbocycles. The summed E-state index contributed by atoms with van der Waals surface area (Å²) >= 11 is 5.97. The van der Waals surface area contributed by atoms with E-state index >= 15 is 0 Å². The van der Waals surface area contributed by atoms with Crippen molar-refractivity contribution < 1.29 is 14.5 Å². The van der Waals surface area contributed by atoms with Crippen molar-refractivity contribution in [1.82, 2.24) is 0 Å². The van der Waals surface area contributed by atoms with Crippen molar-refractivity contribution in [2.24, 2.45) is 0 Å². The zero-order valence-electron chi connectivity index (χ0n) is 13.7. The summed E-state index contributed by atoms with van der Waals surface area (Å²) in [6, 6.07) is 12.1. The van der Waals surface area contributed by atoms with Crippen LogP contribution in [0.5, 0.6) is 5.75 Å². The van der Waals surface area contributed by atoms with Crippen LogP contribution < -0.4 is 10.1 Å². The molecule has 132 valence electrons. The number of ether oxygens (including phenoxy) is 1. The van der Waals surface area contributed by atoms with Gasteiger partial charge in [-0.15, -0.1) is 0 Å². The smallest absolute Gasteiger partial charge is 0.271 e. The molecule has 0 aromatic heterocycles. The first-order chi connectivity index (χ1) is 12.4. The average molecular weight is 372 g/mol. The van der Waals surface area contributed by atoms with E-state index in [1.165, 1.54) is 30.3 Å². The molecule has 7 nitrogen and oxygen atoms in total. The molecule has 0 aliphatic heterocycles. The first-order valence-corrected chi connectivity index (χ1v) is 7.92. The lowest BCUT2D eigenvalue weighted by molar-refractivity contribution is -0.384. The molecule has 1 amide bonds. The fraction of sp³-hybridized carbons (Fsp3) is 0.111. The fourth-order valence-corrected chi connectivity index (χ4v) is 2.30. The van der Waals surface area contributed by atoms with Crippen molar-refractivity contribution >= 4 is 35.0 Å². The minimum absolute atomic E-state index is 0.168. The molecular formula is C18H14ClN3O4. The Hall–Kier alpha value is -3.37. The van der Waals surface area contributed by atoms with Crippen molar-refractivity contribution in [1.29, 1.82) is 5.26 Å². The third kappa shape index (κ3) is 4.82. The van der Waals surface area contributed by atoms with Crippen LogP contribution in [0.3, 0.4) is 0 Å². The van der Waals surface area contributed by atoms with E-state index in [1.807, 2.05) is 13.0 Å². The van der Waals surface area contributed by atoms with Gasteiger partial charge in [-0.25, -0.2) is 0 Å². The second kappa shape index (κ2) is 8.65. The van der Waals surface area contributed by atoms with Crippen molar-refractivity contribution in [3.63, 3.8) is 0 Å². The van der Waals surface area contributed by atoms with Crippen molar-refractivity contribution in [2.45, 2.75) is 6.92 Å². The van der Waals surface area contributed by atoms with Crippen LogP contribution in [-0.4, -0.2) is 17.4 Å². The first-order valence-electron chi connectivity index (χ1n) is 7.54. The molecule has 0 saturated heterocycles. The number of hydrogen-bond acceptors (Lipinski definition) is 5. The van der Waals surface area contributed by atoms with Gasteiger partial charge >= 0.3 is 0 Å². The molecule has 0 aliphatic carbocycles. The molecule has 0 radical (unpaired) electrons. The summed E-state index contributed by atoms with van der Waals surface area (Å²) in [6.45, 7) is 2.21. The Bertz CT molecular complexity index is 919. The predicted octanol–water partition coefficient (Wildman–Crippen LogP) is 4.19. The molecule has 0 heterocycles. The molecule has 0 unspecified atom stereocenters. The number of hydrogen-bond donors (Lipinski definition) is 1. The molecule has 0 fully saturated rings. The lowest BCUT2D eigenvalue weighted by Gasteiger charge is -2.08. The summed E-state index contributed by atoms with van der Waals surface area (Å²) in [6.07, 6.45) is 1.35. The average Bonchev–Trinajstić information content (AvgIpc) is 2.62. The van der Waals surface area contributed by atoms with Crippen molar-refractivity contribution in [3.8, 4) is 11.8 Å². The highest BCUT2D eigenvalue weighted by molar-refractivity contribution is 6.30. The van der Waals surface area contributed by atoms with Gasteiger partial charge in [0, 0.05) is 28.4 Å². The Morgan fingerprint density at radius 3 is 2.81 bits per heavy atom. The monoisotopic (exact) mass is 371 g/mol. The minimum atomic E-state index is -0.699. The zero-order valence-corrected chi connectivity index (χ0v) is 14.5. The van der Waals surface area contributed by atoms with E-state index in [9.17, 15) is 20.2 Å². The topological polar surface area (TPSA) is 105 Å². The van der Waals surface area contributed by atoms with Crippen LogP contribution in [0.15, 0.2) is 48.0 Å². The molecule has 1 N–H and O–H groups in total. The molecule has 2 rings (SSSR count). The van der Waals surface area contributed by atoms with Gasteiger partial charge in [-0.1, -0.05) is 17.7 Å². The van der Waals surface area contributed by atoms with Crippen LogP contribution in [0.25, 0.3) is 6.08 Å². The van der Waals surface area contributed by atoms with Crippen molar-refractivity contribution in [3.05, 3.63) is 68.7 Å². The normalized spacial score (nSPS) is 10.7. The van der Waals surface area contributed by atoms with E-state index in [0.717, 1.165) is 0 Å². The summed E-state index contributed by atoms with van der Waals surface area (Å²) in [7, 11) is 0. The Morgan fingerprint density at radius 1 is 1.38 bits per heavy atom. The lowest BCUT2D eigenvalue weighted by atomic mass is 10.1. The summed E-state index contributed by atoms with van der Waals surface area (Å²) in [5, 5.41) is 23.0. The maximum absolute atomic E-state index is 12.3. The summed E-state index contributed by atoms with van der Waals surface area (Å²) in [5.74, 6) is -0.219. The third-order valence-electron chi connectivity index (χ3n) is 3.25. The Morgan fingerprint density at radius 2 is 2.15 bits per heavy atom. The molecule has 2 aromatic rings. The minimum Gasteiger partial charge on any atom is -0.493 e. The van der Waals surface area contributed by atoms with Crippen molar-refractivity contribution in [2.75, 3.05) is 11.9 Å². The SMILES string of the molecule is CCOc1ccc(Cl)cc1/C=C(\C#N)C(=O)Nc1cccc([N+](=O)[O-])c1. The van der Waals surface area contributed by atoms with Crippen LogP contribution in [0.2, 0.25) is 5.02 Å². The quantitative estimate of drug-likeness (QED) is 0.354. The summed E-state index contributed by atoms with van der Waals surface area (Å²) in [5.41, 5.74) is 0.324. The molecule has 8 heteroatoms. The van der Waals surface area contributed by atoms with E-state index in [4.69, 9.17) is 16.3 Å². The van der Waals surface area contributed by atoms with Crippen LogP contribution in [-0.2, 0) is 4.79 Å². The number of rotatable bonds is 6. The van der Waals surface area contributed by atoms with Gasteiger partial charge in [0.05, 0.1) is 11.5 Å². The summed E-state index contributed by atoms with van der Waals surface area (Å²) < 4.78 is 5.46. The zero-order chi connectivity index (χ0) is 19.1. The molecule has 0 bridgehead atoms. The highest BCUT2D eigenvalue weighted by Gasteiger charge is 2.13. The van der Waals surface area contributed by atoms with Crippen LogP contribution in [0, 0.1) is 21.4 Å².